The predicted octanol–water partition coefficient (Wildman–Crippen LogP) is 3.63. The monoisotopic (exact) mass is 354 g/mol. The van der Waals surface area contributed by atoms with Crippen LogP contribution in [0.2, 0.25) is 15.1 Å². The van der Waals surface area contributed by atoms with Gasteiger partial charge in [-0.25, -0.2) is 0 Å². The van der Waals surface area contributed by atoms with E-state index in [1.807, 2.05) is 0 Å². The first-order chi connectivity index (χ1) is 9.32. The van der Waals surface area contributed by atoms with E-state index in [1.54, 1.807) is 13.0 Å². The molecular weight excluding hydrogens is 347 g/mol. The molecule has 0 fully saturated rings. The van der Waals surface area contributed by atoms with Gasteiger partial charge in [0.05, 0.1) is 26.4 Å². The van der Waals surface area contributed by atoms with E-state index < -0.39 is 10.1 Å². The zero-order valence-corrected chi connectivity index (χ0v) is 13.3. The fraction of sp³-hybridized carbons (Fsp3) is 0.273. The molecule has 0 amide bonds. The van der Waals surface area contributed by atoms with Crippen LogP contribution in [0.25, 0.3) is 0 Å². The Hall–Kier alpha value is -1.000. The molecule has 0 saturated heterocycles. The molecule has 1 aromatic carbocycles. The van der Waals surface area contributed by atoms with Crippen molar-refractivity contribution in [3.63, 3.8) is 0 Å². The molecule has 0 aliphatic carbocycles. The smallest absolute Gasteiger partial charge is 0.267 e. The van der Waals surface area contributed by atoms with Gasteiger partial charge in [-0.3, -0.25) is 4.28 Å². The highest BCUT2D eigenvalue weighted by Crippen LogP contribution is 2.31. The lowest BCUT2D eigenvalue weighted by Crippen LogP contribution is -2.09. The van der Waals surface area contributed by atoms with Crippen LogP contribution < -0.4 is 0 Å². The number of oxime groups is 1. The van der Waals surface area contributed by atoms with Crippen molar-refractivity contribution in [2.24, 2.45) is 5.16 Å². The molecule has 20 heavy (non-hydrogen) atoms. The molecule has 1 rings (SSSR count). The Kier molecular flexibility index (Phi) is 6.08. The molecule has 0 aliphatic heterocycles. The Morgan fingerprint density at radius 2 is 1.95 bits per heavy atom. The molecule has 0 spiro atoms. The number of hydrogen-bond donors (Lipinski definition) is 0. The van der Waals surface area contributed by atoms with E-state index in [0.29, 0.717) is 6.42 Å². The van der Waals surface area contributed by atoms with E-state index in [4.69, 9.17) is 40.1 Å². The van der Waals surface area contributed by atoms with Gasteiger partial charge in [-0.15, -0.1) is 0 Å². The standard InChI is InChI=1S/C11H9Cl3N2O3S/c1-2-5-20(17,18)19-16-9(6-15)10-7(12)3-4-8(13)11(10)14/h3-4H,2,5H2,1H3. The van der Waals surface area contributed by atoms with Gasteiger partial charge < -0.3 is 0 Å². The van der Waals surface area contributed by atoms with Crippen molar-refractivity contribution in [2.75, 3.05) is 5.75 Å². The highest BCUT2D eigenvalue weighted by Gasteiger charge is 2.18. The largest absolute Gasteiger partial charge is 0.328 e. The summed E-state index contributed by atoms with van der Waals surface area (Å²) in [6.07, 6.45) is 0.360. The molecule has 0 radical (unpaired) electrons. The van der Waals surface area contributed by atoms with Crippen LogP contribution in [0, 0.1) is 11.3 Å². The summed E-state index contributed by atoms with van der Waals surface area (Å²) < 4.78 is 27.2. The van der Waals surface area contributed by atoms with Crippen molar-refractivity contribution in [2.45, 2.75) is 13.3 Å². The van der Waals surface area contributed by atoms with E-state index >= 15 is 0 Å². The summed E-state index contributed by atoms with van der Waals surface area (Å²) in [5.74, 6) is -0.216. The van der Waals surface area contributed by atoms with Crippen LogP contribution in [0.5, 0.6) is 0 Å². The molecule has 0 unspecified atom stereocenters. The van der Waals surface area contributed by atoms with Gasteiger partial charge in [-0.05, 0) is 18.6 Å². The molecule has 0 aliphatic rings. The van der Waals surface area contributed by atoms with Crippen molar-refractivity contribution in [1.82, 2.24) is 0 Å². The quantitative estimate of drug-likeness (QED) is 0.459. The summed E-state index contributed by atoms with van der Waals surface area (Å²) in [6, 6.07) is 4.53. The maximum atomic E-state index is 11.4. The molecule has 0 aromatic heterocycles. The van der Waals surface area contributed by atoms with Gasteiger partial charge in [0.2, 0.25) is 0 Å². The van der Waals surface area contributed by atoms with Crippen LogP contribution in [-0.2, 0) is 14.4 Å². The number of hydrogen-bond acceptors (Lipinski definition) is 5. The van der Waals surface area contributed by atoms with Gasteiger partial charge in [-0.1, -0.05) is 46.9 Å². The lowest BCUT2D eigenvalue weighted by Gasteiger charge is -2.06. The SMILES string of the molecule is CCCS(=O)(=O)ON=C(C#N)c1c(Cl)ccc(Cl)c1Cl. The van der Waals surface area contributed by atoms with E-state index in [-0.39, 0.29) is 32.1 Å². The number of halogens is 3. The molecule has 0 heterocycles. The van der Waals surface area contributed by atoms with Gasteiger partial charge >= 0.3 is 10.1 Å². The maximum Gasteiger partial charge on any atom is 0.328 e. The van der Waals surface area contributed by atoms with Crippen molar-refractivity contribution in [1.29, 1.82) is 5.26 Å². The second-order valence-corrected chi connectivity index (χ2v) is 6.47. The first-order valence-corrected chi connectivity index (χ1v) is 8.06. The fourth-order valence-electron chi connectivity index (χ4n) is 1.25. The predicted molar refractivity (Wildman–Crippen MR) is 78.8 cm³/mol. The number of nitrogens with zero attached hydrogens (tertiary/aromatic N) is 2. The summed E-state index contributed by atoms with van der Waals surface area (Å²) in [7, 11) is -3.84. The summed E-state index contributed by atoms with van der Waals surface area (Å²) in [6.45, 7) is 1.67. The van der Waals surface area contributed by atoms with Crippen molar-refractivity contribution in [3.05, 3.63) is 32.8 Å². The van der Waals surface area contributed by atoms with Gasteiger partial charge in [0.25, 0.3) is 0 Å². The highest BCUT2D eigenvalue weighted by molar-refractivity contribution is 7.86. The van der Waals surface area contributed by atoms with E-state index in [1.165, 1.54) is 12.1 Å². The van der Waals surface area contributed by atoms with Crippen LogP contribution in [0.3, 0.4) is 0 Å². The fourth-order valence-corrected chi connectivity index (χ4v) is 2.72. The Morgan fingerprint density at radius 1 is 1.35 bits per heavy atom. The van der Waals surface area contributed by atoms with Crippen LogP contribution in [0.1, 0.15) is 18.9 Å². The van der Waals surface area contributed by atoms with E-state index in [0.717, 1.165) is 0 Å². The topological polar surface area (TPSA) is 79.5 Å². The van der Waals surface area contributed by atoms with E-state index in [2.05, 4.69) is 9.44 Å². The van der Waals surface area contributed by atoms with Crippen LogP contribution in [0.4, 0.5) is 0 Å². The second-order valence-electron chi connectivity index (χ2n) is 3.61. The average molecular weight is 356 g/mol. The first kappa shape index (κ1) is 17.1. The van der Waals surface area contributed by atoms with Gasteiger partial charge in [-0.2, -0.15) is 13.7 Å². The Balaban J connectivity index is 3.23. The molecule has 1 aromatic rings. The summed E-state index contributed by atoms with van der Waals surface area (Å²) in [5.41, 5.74) is -0.350. The molecule has 0 saturated carbocycles. The molecule has 5 nitrogen and oxygen atoms in total. The van der Waals surface area contributed by atoms with Crippen molar-refractivity contribution >= 4 is 50.6 Å². The molecule has 108 valence electrons. The number of benzene rings is 1. The molecular formula is C11H9Cl3N2O3S. The lowest BCUT2D eigenvalue weighted by atomic mass is 10.1. The van der Waals surface area contributed by atoms with Crippen LogP contribution in [-0.4, -0.2) is 19.9 Å². The average Bonchev–Trinajstić information content (AvgIpc) is 2.38. The minimum Gasteiger partial charge on any atom is -0.267 e. The summed E-state index contributed by atoms with van der Waals surface area (Å²) >= 11 is 17.6. The second kappa shape index (κ2) is 7.14. The van der Waals surface area contributed by atoms with Crippen LogP contribution in [0.15, 0.2) is 17.3 Å². The highest BCUT2D eigenvalue weighted by atomic mass is 35.5. The Bertz CT molecular complexity index is 681. The van der Waals surface area contributed by atoms with Gasteiger partial charge in [0.15, 0.2) is 5.71 Å². The zero-order chi connectivity index (χ0) is 15.3. The molecule has 0 N–H and O–H groups in total. The minimum absolute atomic E-state index is 0.00374. The third kappa shape index (κ3) is 4.25. The molecule has 0 bridgehead atoms. The van der Waals surface area contributed by atoms with E-state index in [9.17, 15) is 8.42 Å². The number of rotatable bonds is 5. The normalized spacial score (nSPS) is 12.1. The van der Waals surface area contributed by atoms with Gasteiger partial charge in [0.1, 0.15) is 6.07 Å². The van der Waals surface area contributed by atoms with Crippen LogP contribution >= 0.6 is 34.8 Å². The summed E-state index contributed by atoms with van der Waals surface area (Å²) in [5, 5.41) is 12.6. The van der Waals surface area contributed by atoms with Gasteiger partial charge in [0, 0.05) is 0 Å². The lowest BCUT2D eigenvalue weighted by molar-refractivity contribution is 0.339. The third-order valence-electron chi connectivity index (χ3n) is 2.08. The van der Waals surface area contributed by atoms with Crippen molar-refractivity contribution in [3.8, 4) is 6.07 Å². The summed E-state index contributed by atoms with van der Waals surface area (Å²) in [4.78, 5) is 0. The van der Waals surface area contributed by atoms with Crippen molar-refractivity contribution < 1.29 is 12.7 Å². The minimum atomic E-state index is -3.84. The Labute approximate surface area is 131 Å². The zero-order valence-electron chi connectivity index (χ0n) is 10.2. The molecule has 0 atom stereocenters. The Morgan fingerprint density at radius 3 is 2.50 bits per heavy atom. The maximum absolute atomic E-state index is 11.4. The molecule has 9 heteroatoms. The number of nitriles is 1. The third-order valence-corrected chi connectivity index (χ3v) is 4.41. The first-order valence-electron chi connectivity index (χ1n) is 5.35.